The lowest BCUT2D eigenvalue weighted by Gasteiger charge is -2.50. The zero-order valence-corrected chi connectivity index (χ0v) is 17.2. The number of carbonyl (C=O) groups is 1. The van der Waals surface area contributed by atoms with Crippen molar-refractivity contribution in [2.24, 2.45) is 17.8 Å². The van der Waals surface area contributed by atoms with Crippen LogP contribution in [-0.2, 0) is 17.8 Å². The highest BCUT2D eigenvalue weighted by Gasteiger charge is 2.47. The standard InChI is InChI=1S/C23H25FN4O3/c24-19-5-2-1-4-15(19)7-9-25-23(29)17-12-16-8-10-28(13-18(16)17)14-21-26-22(27-31-21)20-6-3-11-30-20/h1-6,11,16-18H,7-10,12-14H2,(H,25,29)/t16-,17-,18-/m1/s1. The number of aromatic nitrogens is 2. The molecule has 3 atom stereocenters. The Balaban J connectivity index is 1.12. The Morgan fingerprint density at radius 2 is 2.16 bits per heavy atom. The van der Waals surface area contributed by atoms with Crippen LogP contribution in [0.25, 0.3) is 11.6 Å². The zero-order chi connectivity index (χ0) is 21.2. The van der Waals surface area contributed by atoms with Crippen molar-refractivity contribution in [3.05, 3.63) is 59.9 Å². The minimum Gasteiger partial charge on any atom is -0.461 e. The van der Waals surface area contributed by atoms with Crippen LogP contribution in [0, 0.1) is 23.6 Å². The fourth-order valence-electron chi connectivity index (χ4n) is 4.77. The van der Waals surface area contributed by atoms with Gasteiger partial charge in [0.25, 0.3) is 0 Å². The smallest absolute Gasteiger partial charge is 0.241 e. The number of nitrogens with one attached hydrogen (secondary N) is 1. The molecule has 1 aliphatic heterocycles. The average Bonchev–Trinajstić information content (AvgIpc) is 3.43. The molecule has 1 amide bonds. The molecule has 2 aliphatic rings. The molecular formula is C23H25FN4O3. The molecule has 1 N–H and O–H groups in total. The summed E-state index contributed by atoms with van der Waals surface area (Å²) in [6, 6.07) is 10.3. The predicted octanol–water partition coefficient (Wildman–Crippen LogP) is 3.29. The summed E-state index contributed by atoms with van der Waals surface area (Å²) in [4.78, 5) is 19.4. The van der Waals surface area contributed by atoms with Crippen molar-refractivity contribution in [3.8, 4) is 11.6 Å². The van der Waals surface area contributed by atoms with Crippen molar-refractivity contribution in [1.82, 2.24) is 20.4 Å². The van der Waals surface area contributed by atoms with E-state index < -0.39 is 0 Å². The summed E-state index contributed by atoms with van der Waals surface area (Å²) in [5.41, 5.74) is 0.631. The van der Waals surface area contributed by atoms with Gasteiger partial charge in [0.1, 0.15) is 5.82 Å². The molecule has 162 valence electrons. The largest absolute Gasteiger partial charge is 0.461 e. The number of nitrogens with zero attached hydrogens (tertiary/aromatic N) is 3. The Morgan fingerprint density at radius 1 is 1.26 bits per heavy atom. The second-order valence-electron chi connectivity index (χ2n) is 8.41. The monoisotopic (exact) mass is 424 g/mol. The van der Waals surface area contributed by atoms with Gasteiger partial charge in [-0.25, -0.2) is 4.39 Å². The van der Waals surface area contributed by atoms with Crippen molar-refractivity contribution in [2.45, 2.75) is 25.8 Å². The van der Waals surface area contributed by atoms with E-state index in [1.807, 2.05) is 6.07 Å². The second kappa shape index (κ2) is 8.63. The molecule has 1 saturated heterocycles. The third-order valence-corrected chi connectivity index (χ3v) is 6.52. The molecule has 8 heteroatoms. The van der Waals surface area contributed by atoms with Gasteiger partial charge < -0.3 is 14.3 Å². The first-order valence-corrected chi connectivity index (χ1v) is 10.8. The summed E-state index contributed by atoms with van der Waals surface area (Å²) in [6.45, 7) is 2.82. The van der Waals surface area contributed by atoms with Crippen molar-refractivity contribution >= 4 is 5.91 Å². The molecule has 0 bridgehead atoms. The second-order valence-corrected chi connectivity index (χ2v) is 8.41. The first kappa shape index (κ1) is 19.9. The summed E-state index contributed by atoms with van der Waals surface area (Å²) in [5, 5.41) is 6.98. The van der Waals surface area contributed by atoms with Gasteiger partial charge in [-0.1, -0.05) is 23.4 Å². The maximum Gasteiger partial charge on any atom is 0.241 e. The molecule has 1 saturated carbocycles. The van der Waals surface area contributed by atoms with E-state index in [4.69, 9.17) is 8.94 Å². The summed E-state index contributed by atoms with van der Waals surface area (Å²) in [5.74, 6) is 2.40. The van der Waals surface area contributed by atoms with Gasteiger partial charge in [-0.15, -0.1) is 0 Å². The van der Waals surface area contributed by atoms with Crippen molar-refractivity contribution < 1.29 is 18.1 Å². The molecule has 1 aromatic carbocycles. The molecule has 3 aromatic rings. The van der Waals surface area contributed by atoms with E-state index in [0.29, 0.717) is 54.4 Å². The SMILES string of the molecule is O=C(NCCc1ccccc1F)[C@@H]1C[C@H]2CCN(Cc3nc(-c4ccco4)no3)C[C@H]21. The molecule has 3 heterocycles. The van der Waals surface area contributed by atoms with Crippen LogP contribution in [0.4, 0.5) is 4.39 Å². The lowest BCUT2D eigenvalue weighted by molar-refractivity contribution is -0.137. The highest BCUT2D eigenvalue weighted by Crippen LogP contribution is 2.45. The van der Waals surface area contributed by atoms with Crippen LogP contribution >= 0.6 is 0 Å². The van der Waals surface area contributed by atoms with Crippen LogP contribution < -0.4 is 5.32 Å². The van der Waals surface area contributed by atoms with E-state index in [1.165, 1.54) is 6.07 Å². The van der Waals surface area contributed by atoms with Gasteiger partial charge in [0.05, 0.1) is 12.8 Å². The summed E-state index contributed by atoms with van der Waals surface area (Å²) < 4.78 is 24.4. The molecule has 2 aromatic heterocycles. The molecule has 0 radical (unpaired) electrons. The van der Waals surface area contributed by atoms with Crippen LogP contribution in [0.2, 0.25) is 0 Å². The van der Waals surface area contributed by atoms with E-state index in [0.717, 1.165) is 25.9 Å². The Labute approximate surface area is 179 Å². The topological polar surface area (TPSA) is 84.4 Å². The third-order valence-electron chi connectivity index (χ3n) is 6.52. The Kier molecular flexibility index (Phi) is 5.55. The molecule has 5 rings (SSSR count). The van der Waals surface area contributed by atoms with Crippen LogP contribution in [-0.4, -0.2) is 40.6 Å². The molecule has 7 nitrogen and oxygen atoms in total. The Bertz CT molecular complexity index is 1040. The van der Waals surface area contributed by atoms with Crippen LogP contribution in [0.1, 0.15) is 24.3 Å². The number of hydrogen-bond acceptors (Lipinski definition) is 6. The molecule has 31 heavy (non-hydrogen) atoms. The Morgan fingerprint density at radius 3 is 3.00 bits per heavy atom. The summed E-state index contributed by atoms with van der Waals surface area (Å²) in [7, 11) is 0. The number of amides is 1. The Hall–Kier alpha value is -3.00. The number of furan rings is 1. The number of hydrogen-bond donors (Lipinski definition) is 1. The zero-order valence-electron chi connectivity index (χ0n) is 17.2. The average molecular weight is 424 g/mol. The fraction of sp³-hybridized carbons (Fsp3) is 0.435. The molecule has 2 fully saturated rings. The van der Waals surface area contributed by atoms with Gasteiger partial charge in [0, 0.05) is 19.0 Å². The van der Waals surface area contributed by atoms with Crippen LogP contribution in [0.3, 0.4) is 0 Å². The van der Waals surface area contributed by atoms with E-state index in [1.54, 1.807) is 30.5 Å². The normalized spacial score (nSPS) is 23.2. The quantitative estimate of drug-likeness (QED) is 0.627. The van der Waals surface area contributed by atoms with Gasteiger partial charge in [-0.3, -0.25) is 9.69 Å². The number of carbonyl (C=O) groups excluding carboxylic acids is 1. The van der Waals surface area contributed by atoms with Gasteiger partial charge in [0.2, 0.25) is 17.6 Å². The highest BCUT2D eigenvalue weighted by molar-refractivity contribution is 5.80. The van der Waals surface area contributed by atoms with Crippen molar-refractivity contribution in [2.75, 3.05) is 19.6 Å². The fourth-order valence-corrected chi connectivity index (χ4v) is 4.77. The minimum absolute atomic E-state index is 0.0229. The van der Waals surface area contributed by atoms with Crippen LogP contribution in [0.15, 0.2) is 51.6 Å². The van der Waals surface area contributed by atoms with Gasteiger partial charge in [-0.2, -0.15) is 4.98 Å². The summed E-state index contributed by atoms with van der Waals surface area (Å²) in [6.07, 6.45) is 4.09. The maximum absolute atomic E-state index is 13.7. The van der Waals surface area contributed by atoms with Crippen molar-refractivity contribution in [1.29, 1.82) is 0 Å². The molecule has 0 unspecified atom stereocenters. The van der Waals surface area contributed by atoms with E-state index in [9.17, 15) is 9.18 Å². The first-order chi connectivity index (χ1) is 15.2. The number of fused-ring (bicyclic) bond motifs is 1. The number of halogens is 1. The van der Waals surface area contributed by atoms with Gasteiger partial charge >= 0.3 is 0 Å². The number of likely N-dealkylation sites (tertiary alicyclic amines) is 1. The van der Waals surface area contributed by atoms with E-state index in [-0.39, 0.29) is 17.6 Å². The number of benzene rings is 1. The maximum atomic E-state index is 13.7. The van der Waals surface area contributed by atoms with E-state index in [2.05, 4.69) is 20.4 Å². The minimum atomic E-state index is -0.223. The summed E-state index contributed by atoms with van der Waals surface area (Å²) >= 11 is 0. The molecular weight excluding hydrogens is 399 g/mol. The predicted molar refractivity (Wildman–Crippen MR) is 110 cm³/mol. The molecule has 0 spiro atoms. The van der Waals surface area contributed by atoms with Crippen molar-refractivity contribution in [3.63, 3.8) is 0 Å². The third kappa shape index (κ3) is 4.25. The first-order valence-electron chi connectivity index (χ1n) is 10.8. The van der Waals surface area contributed by atoms with Gasteiger partial charge in [0.15, 0.2) is 5.76 Å². The highest BCUT2D eigenvalue weighted by atomic mass is 19.1. The van der Waals surface area contributed by atoms with Crippen LogP contribution in [0.5, 0.6) is 0 Å². The lowest BCUT2D eigenvalue weighted by atomic mass is 9.61. The van der Waals surface area contributed by atoms with Gasteiger partial charge in [-0.05, 0) is 61.4 Å². The lowest BCUT2D eigenvalue weighted by Crippen LogP contribution is -2.54. The number of rotatable bonds is 7. The van der Waals surface area contributed by atoms with E-state index >= 15 is 0 Å². The molecule has 1 aliphatic carbocycles. The number of piperidine rings is 1.